The summed E-state index contributed by atoms with van der Waals surface area (Å²) in [4.78, 5) is 2.74. The minimum atomic E-state index is -2.83. The molecule has 0 radical (unpaired) electrons. The van der Waals surface area contributed by atoms with E-state index >= 15 is 0 Å². The van der Waals surface area contributed by atoms with E-state index in [9.17, 15) is 0 Å². The van der Waals surface area contributed by atoms with Crippen molar-refractivity contribution in [3.63, 3.8) is 0 Å². The van der Waals surface area contributed by atoms with Crippen LogP contribution >= 0.6 is 0 Å². The fourth-order valence-electron chi connectivity index (χ4n) is 10.9. The highest BCUT2D eigenvalue weighted by atomic mass is 28.3. The third kappa shape index (κ3) is 4.07. The zero-order chi connectivity index (χ0) is 35.5. The first-order valence-corrected chi connectivity index (χ1v) is 20.8. The number of para-hydroxylation sites is 3. The van der Waals surface area contributed by atoms with Gasteiger partial charge >= 0.3 is 0 Å². The Balaban J connectivity index is 1.43. The Hall–Kier alpha value is -5.31. The highest BCUT2D eigenvalue weighted by Crippen LogP contribution is 2.40. The summed E-state index contributed by atoms with van der Waals surface area (Å²) in [6.45, 7) is 14.0. The first kappa shape index (κ1) is 31.4. The van der Waals surface area contributed by atoms with Crippen molar-refractivity contribution in [1.29, 1.82) is 0 Å². The van der Waals surface area contributed by atoms with Crippen molar-refractivity contribution in [2.75, 3.05) is 4.90 Å². The van der Waals surface area contributed by atoms with Crippen LogP contribution in [0.15, 0.2) is 140 Å². The molecule has 1 nitrogen and oxygen atoms in total. The topological polar surface area (TPSA) is 3.24 Å². The lowest BCUT2D eigenvalue weighted by Crippen LogP contribution is -2.81. The van der Waals surface area contributed by atoms with E-state index in [1.54, 1.807) is 0 Å². The van der Waals surface area contributed by atoms with Crippen LogP contribution in [-0.2, 0) is 0 Å². The molecule has 3 heterocycles. The largest absolute Gasteiger partial charge is 0.313 e. The highest BCUT2D eigenvalue weighted by Gasteiger charge is 2.55. The van der Waals surface area contributed by atoms with E-state index in [2.05, 4.69) is 186 Å². The molecule has 0 atom stereocenters. The summed E-state index contributed by atoms with van der Waals surface area (Å²) in [5, 5.41) is 5.85. The average molecular weight is 682 g/mol. The zero-order valence-electron chi connectivity index (χ0n) is 30.9. The summed E-state index contributed by atoms with van der Waals surface area (Å²) in [5.41, 5.74) is 20.9. The maximum absolute atomic E-state index is 2.83. The van der Waals surface area contributed by atoms with Crippen molar-refractivity contribution in [2.45, 2.75) is 41.5 Å². The van der Waals surface area contributed by atoms with Crippen LogP contribution in [0.4, 0.5) is 17.1 Å². The van der Waals surface area contributed by atoms with Crippen LogP contribution in [0, 0.1) is 41.5 Å². The Bertz CT molecular complexity index is 2390. The van der Waals surface area contributed by atoms with Gasteiger partial charge in [0, 0.05) is 17.1 Å². The van der Waals surface area contributed by atoms with Crippen LogP contribution in [0.5, 0.6) is 0 Å². The minimum absolute atomic E-state index is 0.118. The average Bonchev–Trinajstić information content (AvgIpc) is 3.14. The van der Waals surface area contributed by atoms with E-state index in [0.717, 1.165) is 0 Å². The number of benzene rings is 7. The quantitative estimate of drug-likeness (QED) is 0.250. The molecule has 0 spiro atoms. The van der Waals surface area contributed by atoms with Gasteiger partial charge in [0.25, 0.3) is 0 Å². The van der Waals surface area contributed by atoms with Gasteiger partial charge in [0.2, 0.25) is 13.4 Å². The third-order valence-electron chi connectivity index (χ3n) is 12.4. The van der Waals surface area contributed by atoms with Gasteiger partial charge in [-0.25, -0.2) is 0 Å². The van der Waals surface area contributed by atoms with Crippen LogP contribution in [0.3, 0.4) is 0 Å². The molecule has 3 aliphatic heterocycles. The maximum atomic E-state index is 2.74. The summed E-state index contributed by atoms with van der Waals surface area (Å²) >= 11 is 0. The van der Waals surface area contributed by atoms with Gasteiger partial charge in [0.1, 0.15) is 0 Å². The monoisotopic (exact) mass is 681 g/mol. The molecular weight excluding hydrogens is 640 g/mol. The molecule has 0 aromatic heterocycles. The molecule has 7 aromatic carbocycles. The van der Waals surface area contributed by atoms with Crippen molar-refractivity contribution in [3.05, 3.63) is 173 Å². The van der Waals surface area contributed by atoms with Crippen LogP contribution in [0.25, 0.3) is 0 Å². The van der Waals surface area contributed by atoms with Gasteiger partial charge in [0.05, 0.1) is 0 Å². The zero-order valence-corrected chi connectivity index (χ0v) is 31.9. The van der Waals surface area contributed by atoms with Gasteiger partial charge in [-0.1, -0.05) is 184 Å². The molecule has 0 aliphatic carbocycles. The first-order chi connectivity index (χ1) is 25.3. The summed E-state index contributed by atoms with van der Waals surface area (Å²) in [6.07, 6.45) is 0. The minimum Gasteiger partial charge on any atom is -0.313 e. The Morgan fingerprint density at radius 3 is 1.12 bits per heavy atom. The smallest absolute Gasteiger partial charge is 0.247 e. The second-order valence-corrected chi connectivity index (χ2v) is 19.3. The summed E-state index contributed by atoms with van der Waals surface area (Å²) in [7, 11) is -2.83. The van der Waals surface area contributed by atoms with E-state index in [-0.39, 0.29) is 13.4 Å². The molecular formula is C48H41B2NSi. The second kappa shape index (κ2) is 11.3. The Kier molecular flexibility index (Phi) is 6.85. The molecule has 3 aliphatic rings. The van der Waals surface area contributed by atoms with E-state index in [1.807, 2.05) is 0 Å². The molecule has 0 bridgehead atoms. The van der Waals surface area contributed by atoms with Gasteiger partial charge in [0.15, 0.2) is 8.07 Å². The predicted molar refractivity (Wildman–Crippen MR) is 229 cm³/mol. The summed E-state index contributed by atoms with van der Waals surface area (Å²) in [5.74, 6) is 0. The van der Waals surface area contributed by atoms with Gasteiger partial charge in [-0.2, -0.15) is 0 Å². The second-order valence-electron chi connectivity index (χ2n) is 15.6. The van der Waals surface area contributed by atoms with Crippen molar-refractivity contribution in [1.82, 2.24) is 0 Å². The fourth-order valence-corrected chi connectivity index (χ4v) is 16.1. The Morgan fingerprint density at radius 2 is 0.731 bits per heavy atom. The first-order valence-electron chi connectivity index (χ1n) is 18.8. The summed E-state index contributed by atoms with van der Waals surface area (Å²) < 4.78 is 0. The van der Waals surface area contributed by atoms with Crippen LogP contribution in [0.2, 0.25) is 0 Å². The normalized spacial score (nSPS) is 14.4. The molecule has 0 N–H and O–H groups in total. The highest BCUT2D eigenvalue weighted by molar-refractivity contribution is 7.22. The molecule has 0 saturated heterocycles. The number of rotatable bonds is 4. The van der Waals surface area contributed by atoms with E-state index in [4.69, 9.17) is 0 Å². The lowest BCUT2D eigenvalue weighted by molar-refractivity contribution is 1.30. The molecule has 0 amide bonds. The number of anilines is 3. The number of hydrogen-bond donors (Lipinski definition) is 0. The van der Waals surface area contributed by atoms with E-state index in [0.29, 0.717) is 0 Å². The van der Waals surface area contributed by atoms with Crippen molar-refractivity contribution in [2.24, 2.45) is 0 Å². The SMILES string of the molecule is Cc1cc(C)c(B2c3cccc4c3N3c5c2cccc5[Si](c2ccccc2)(c2ccccc2)c2cccc(c23)B4c2c(C)cc(C)cc2C)c(C)c1. The molecule has 7 aromatic rings. The number of aryl methyl sites for hydroxylation is 6. The number of nitrogens with zero attached hydrogens (tertiary/aromatic N) is 1. The van der Waals surface area contributed by atoms with E-state index in [1.165, 1.54) is 104 Å². The van der Waals surface area contributed by atoms with Gasteiger partial charge in [-0.3, -0.25) is 0 Å². The molecule has 4 heteroatoms. The van der Waals surface area contributed by atoms with Crippen LogP contribution < -0.4 is 58.4 Å². The Labute approximate surface area is 310 Å². The molecule has 0 saturated carbocycles. The lowest BCUT2D eigenvalue weighted by atomic mass is 9.29. The predicted octanol–water partition coefficient (Wildman–Crippen LogP) is 4.36. The molecule has 0 unspecified atom stereocenters. The summed E-state index contributed by atoms with van der Waals surface area (Å²) in [6, 6.07) is 54.4. The van der Waals surface area contributed by atoms with Gasteiger partial charge in [-0.15, -0.1) is 0 Å². The lowest BCUT2D eigenvalue weighted by Gasteiger charge is -2.52. The number of hydrogen-bond acceptors (Lipinski definition) is 1. The van der Waals surface area contributed by atoms with Crippen molar-refractivity contribution in [3.8, 4) is 0 Å². The van der Waals surface area contributed by atoms with Crippen molar-refractivity contribution >= 4 is 92.1 Å². The van der Waals surface area contributed by atoms with Crippen LogP contribution in [0.1, 0.15) is 33.4 Å². The molecule has 52 heavy (non-hydrogen) atoms. The fraction of sp³-hybridized carbons (Fsp3) is 0.125. The van der Waals surface area contributed by atoms with Crippen LogP contribution in [-0.4, -0.2) is 21.5 Å². The molecule has 10 rings (SSSR count). The maximum Gasteiger partial charge on any atom is 0.247 e. The van der Waals surface area contributed by atoms with E-state index < -0.39 is 8.07 Å². The Morgan fingerprint density at radius 1 is 0.385 bits per heavy atom. The molecule has 248 valence electrons. The van der Waals surface area contributed by atoms with Gasteiger partial charge < -0.3 is 4.90 Å². The molecule has 0 fully saturated rings. The third-order valence-corrected chi connectivity index (χ3v) is 17.2. The standard InChI is InChI=1S/C48H41B2NSi/c1-30-26-32(3)44(33(4)27-30)49-38-20-13-21-39-46(38)51-47-40(49)22-14-24-42(47)52(36-16-9-7-10-17-36,37-18-11-8-12-19-37)43-25-15-23-41(48(43)51)50(39)45-34(5)28-31(2)29-35(45)6/h7-29H,1-6H3. The van der Waals surface area contributed by atoms with Crippen molar-refractivity contribution < 1.29 is 0 Å². The van der Waals surface area contributed by atoms with Gasteiger partial charge in [-0.05, 0) is 84.1 Å².